The molecule has 0 bridgehead atoms. The molecule has 2 N–H and O–H groups in total. The highest BCUT2D eigenvalue weighted by molar-refractivity contribution is 6.54. The summed E-state index contributed by atoms with van der Waals surface area (Å²) in [5.41, 5.74) is 0.567. The van der Waals surface area contributed by atoms with Gasteiger partial charge in [-0.15, -0.1) is 0 Å². The number of amides is 2. The van der Waals surface area contributed by atoms with Crippen molar-refractivity contribution in [1.29, 1.82) is 0 Å². The minimum absolute atomic E-state index is 0.345. The molecular formula is C11H10Cl2N2O2. The van der Waals surface area contributed by atoms with Crippen LogP contribution in [0.4, 0.5) is 5.69 Å². The lowest BCUT2D eigenvalue weighted by Crippen LogP contribution is -2.21. The summed E-state index contributed by atoms with van der Waals surface area (Å²) < 4.78 is 0. The number of hydrogen-bond donors (Lipinski definition) is 2. The van der Waals surface area contributed by atoms with E-state index in [0.717, 1.165) is 0 Å². The number of carbonyl (C=O) groups is 2. The first-order chi connectivity index (χ1) is 8.06. The molecule has 0 radical (unpaired) electrons. The summed E-state index contributed by atoms with van der Waals surface area (Å²) >= 11 is 11.3. The van der Waals surface area contributed by atoms with Crippen LogP contribution in [0.25, 0.3) is 0 Å². The molecule has 90 valence electrons. The predicted molar refractivity (Wildman–Crippen MR) is 67.9 cm³/mol. The lowest BCUT2D eigenvalue weighted by Gasteiger charge is -2.05. The van der Waals surface area contributed by atoms with Gasteiger partial charge >= 0.3 is 0 Å². The zero-order chi connectivity index (χ0) is 12.8. The molecule has 0 heterocycles. The van der Waals surface area contributed by atoms with E-state index < -0.39 is 11.8 Å². The van der Waals surface area contributed by atoms with Gasteiger partial charge in [-0.25, -0.2) is 0 Å². The summed E-state index contributed by atoms with van der Waals surface area (Å²) in [5, 5.41) is 4.08. The molecule has 0 aliphatic carbocycles. The van der Waals surface area contributed by atoms with E-state index in [1.165, 1.54) is 7.05 Å². The van der Waals surface area contributed by atoms with Gasteiger partial charge in [-0.3, -0.25) is 9.59 Å². The molecule has 2 amide bonds. The first-order valence-electron chi connectivity index (χ1n) is 4.70. The summed E-state index contributed by atoms with van der Waals surface area (Å²) in [5.74, 6) is -1.24. The highest BCUT2D eigenvalue weighted by atomic mass is 35.5. The highest BCUT2D eigenvalue weighted by Gasteiger charge is 2.16. The smallest absolute Gasteiger partial charge is 0.268 e. The molecule has 4 nitrogen and oxygen atoms in total. The molecule has 1 aromatic carbocycles. The summed E-state index contributed by atoms with van der Waals surface area (Å²) in [6, 6.07) is 8.71. The molecule has 1 aromatic rings. The first-order valence-corrected chi connectivity index (χ1v) is 5.45. The van der Waals surface area contributed by atoms with Crippen molar-refractivity contribution in [2.75, 3.05) is 12.4 Å². The Balaban J connectivity index is 2.81. The highest BCUT2D eigenvalue weighted by Crippen LogP contribution is 2.16. The number of rotatable bonds is 3. The van der Waals surface area contributed by atoms with Gasteiger partial charge in [-0.05, 0) is 12.1 Å². The van der Waals surface area contributed by atoms with Crippen LogP contribution in [0, 0.1) is 0 Å². The number of benzene rings is 1. The first kappa shape index (κ1) is 13.5. The molecule has 0 saturated heterocycles. The second-order valence-corrected chi connectivity index (χ2v) is 3.78. The van der Waals surface area contributed by atoms with E-state index in [9.17, 15) is 9.59 Å². The van der Waals surface area contributed by atoms with Crippen molar-refractivity contribution in [2.45, 2.75) is 0 Å². The van der Waals surface area contributed by atoms with E-state index in [0.29, 0.717) is 5.69 Å². The SMILES string of the molecule is CNC(=O)/C(Cl)=C(/Cl)C(=O)Nc1ccccc1. The standard InChI is InChI=1S/C11H10Cl2N2O2/c1-14-10(16)8(12)9(13)11(17)15-7-5-3-2-4-6-7/h2-6H,1H3,(H,14,16)(H,15,17)/b9-8-. The number of likely N-dealkylation sites (N-methyl/N-ethyl adjacent to an activating group) is 1. The summed E-state index contributed by atoms with van der Waals surface area (Å²) in [4.78, 5) is 22.8. The Morgan fingerprint density at radius 3 is 2.06 bits per heavy atom. The zero-order valence-corrected chi connectivity index (χ0v) is 10.5. The molecule has 0 aromatic heterocycles. The molecule has 0 spiro atoms. The maximum atomic E-state index is 11.6. The lowest BCUT2D eigenvalue weighted by atomic mass is 10.3. The van der Waals surface area contributed by atoms with Crippen LogP contribution in [0.2, 0.25) is 0 Å². The average molecular weight is 273 g/mol. The molecule has 0 aliphatic rings. The Kier molecular flexibility index (Phi) is 5.00. The predicted octanol–water partition coefficient (Wildman–Crippen LogP) is 2.06. The maximum Gasteiger partial charge on any atom is 0.268 e. The van der Waals surface area contributed by atoms with Gasteiger partial charge in [0.05, 0.1) is 0 Å². The van der Waals surface area contributed by atoms with E-state index in [-0.39, 0.29) is 10.1 Å². The van der Waals surface area contributed by atoms with Crippen molar-refractivity contribution in [2.24, 2.45) is 0 Å². The van der Waals surface area contributed by atoms with Crippen LogP contribution < -0.4 is 10.6 Å². The number of anilines is 1. The van der Waals surface area contributed by atoms with Gasteiger partial charge in [0.25, 0.3) is 11.8 Å². The van der Waals surface area contributed by atoms with Crippen LogP contribution in [0.3, 0.4) is 0 Å². The zero-order valence-electron chi connectivity index (χ0n) is 8.96. The molecular weight excluding hydrogens is 263 g/mol. The maximum absolute atomic E-state index is 11.6. The normalized spacial score (nSPS) is 11.5. The Bertz CT molecular complexity index is 458. The molecule has 17 heavy (non-hydrogen) atoms. The van der Waals surface area contributed by atoms with Crippen LogP contribution in [0.15, 0.2) is 40.4 Å². The molecule has 0 saturated carbocycles. The van der Waals surface area contributed by atoms with Gasteiger partial charge in [0.15, 0.2) is 0 Å². The fraction of sp³-hybridized carbons (Fsp3) is 0.0909. The van der Waals surface area contributed by atoms with Crippen molar-refractivity contribution < 1.29 is 9.59 Å². The summed E-state index contributed by atoms with van der Waals surface area (Å²) in [6.45, 7) is 0. The monoisotopic (exact) mass is 272 g/mol. The summed E-state index contributed by atoms with van der Waals surface area (Å²) in [6.07, 6.45) is 0. The van der Waals surface area contributed by atoms with Crippen LogP contribution in [-0.4, -0.2) is 18.9 Å². The van der Waals surface area contributed by atoms with Gasteiger partial charge in [0.2, 0.25) is 0 Å². The van der Waals surface area contributed by atoms with Crippen molar-refractivity contribution in [1.82, 2.24) is 5.32 Å². The van der Waals surface area contributed by atoms with E-state index in [2.05, 4.69) is 10.6 Å². The van der Waals surface area contributed by atoms with Crippen molar-refractivity contribution in [3.8, 4) is 0 Å². The summed E-state index contributed by atoms with van der Waals surface area (Å²) in [7, 11) is 1.39. The van der Waals surface area contributed by atoms with E-state index in [1.807, 2.05) is 6.07 Å². The van der Waals surface area contributed by atoms with Crippen molar-refractivity contribution in [3.05, 3.63) is 40.4 Å². The van der Waals surface area contributed by atoms with E-state index >= 15 is 0 Å². The fourth-order valence-corrected chi connectivity index (χ4v) is 1.33. The third-order valence-corrected chi connectivity index (χ3v) is 2.67. The van der Waals surface area contributed by atoms with Crippen LogP contribution in [0.1, 0.15) is 0 Å². The van der Waals surface area contributed by atoms with Crippen LogP contribution >= 0.6 is 23.2 Å². The third-order valence-electron chi connectivity index (χ3n) is 1.85. The third kappa shape index (κ3) is 3.76. The number of nitrogens with one attached hydrogen (secondary N) is 2. The Morgan fingerprint density at radius 1 is 1.00 bits per heavy atom. The Labute approximate surface area is 109 Å². The molecule has 1 rings (SSSR count). The topological polar surface area (TPSA) is 58.2 Å². The van der Waals surface area contributed by atoms with Gasteiger partial charge < -0.3 is 10.6 Å². The van der Waals surface area contributed by atoms with Gasteiger partial charge in [-0.2, -0.15) is 0 Å². The molecule has 0 fully saturated rings. The van der Waals surface area contributed by atoms with Crippen molar-refractivity contribution >= 4 is 40.7 Å². The van der Waals surface area contributed by atoms with Gasteiger partial charge in [0, 0.05) is 12.7 Å². The number of hydrogen-bond acceptors (Lipinski definition) is 2. The average Bonchev–Trinajstić information content (AvgIpc) is 2.37. The molecule has 0 unspecified atom stereocenters. The largest absolute Gasteiger partial charge is 0.354 e. The fourth-order valence-electron chi connectivity index (χ4n) is 1.02. The van der Waals surface area contributed by atoms with Gasteiger partial charge in [0.1, 0.15) is 10.1 Å². The lowest BCUT2D eigenvalue weighted by molar-refractivity contribution is -0.117. The molecule has 0 atom stereocenters. The second-order valence-electron chi connectivity index (χ2n) is 3.03. The van der Waals surface area contributed by atoms with E-state index in [4.69, 9.17) is 23.2 Å². The van der Waals surface area contributed by atoms with Crippen LogP contribution in [-0.2, 0) is 9.59 Å². The van der Waals surface area contributed by atoms with Crippen LogP contribution in [0.5, 0.6) is 0 Å². The van der Waals surface area contributed by atoms with E-state index in [1.54, 1.807) is 24.3 Å². The van der Waals surface area contributed by atoms with Gasteiger partial charge in [-0.1, -0.05) is 41.4 Å². The Morgan fingerprint density at radius 2 is 1.53 bits per heavy atom. The number of halogens is 2. The second kappa shape index (κ2) is 6.27. The minimum Gasteiger partial charge on any atom is -0.354 e. The minimum atomic E-state index is -0.633. The van der Waals surface area contributed by atoms with Crippen molar-refractivity contribution in [3.63, 3.8) is 0 Å². The quantitative estimate of drug-likeness (QED) is 0.828. The number of para-hydroxylation sites is 1. The molecule has 6 heteroatoms. The molecule has 0 aliphatic heterocycles. The number of carbonyl (C=O) groups excluding carboxylic acids is 2. The Hall–Kier alpha value is -1.52.